The van der Waals surface area contributed by atoms with Gasteiger partial charge in [0.15, 0.2) is 5.43 Å². The van der Waals surface area contributed by atoms with Gasteiger partial charge < -0.3 is 9.15 Å². The Balaban J connectivity index is 1.82. The lowest BCUT2D eigenvalue weighted by molar-refractivity contribution is 0.0436. The third-order valence-corrected chi connectivity index (χ3v) is 3.57. The van der Waals surface area contributed by atoms with E-state index in [1.807, 2.05) is 44.2 Å². The van der Waals surface area contributed by atoms with Crippen LogP contribution in [0.5, 0.6) is 0 Å². The number of carbonyl (C=O) groups is 1. The zero-order valence-electron chi connectivity index (χ0n) is 13.0. The molecule has 116 valence electrons. The lowest BCUT2D eigenvalue weighted by Crippen LogP contribution is -2.10. The van der Waals surface area contributed by atoms with Crippen LogP contribution in [-0.4, -0.2) is 5.97 Å². The lowest BCUT2D eigenvalue weighted by Gasteiger charge is -2.06. The van der Waals surface area contributed by atoms with Crippen LogP contribution in [0, 0.1) is 13.8 Å². The molecule has 0 saturated carbocycles. The minimum atomic E-state index is -0.648. The van der Waals surface area contributed by atoms with Crippen molar-refractivity contribution in [1.29, 1.82) is 0 Å². The highest BCUT2D eigenvalue weighted by Gasteiger charge is 2.14. The first-order chi connectivity index (χ1) is 11.0. The van der Waals surface area contributed by atoms with Gasteiger partial charge in [0.25, 0.3) is 0 Å². The molecule has 1 aromatic heterocycles. The van der Waals surface area contributed by atoms with E-state index in [9.17, 15) is 9.59 Å². The maximum Gasteiger partial charge on any atom is 0.374 e. The monoisotopic (exact) mass is 308 g/mol. The average molecular weight is 308 g/mol. The minimum Gasteiger partial charge on any atom is -0.455 e. The topological polar surface area (TPSA) is 56.5 Å². The summed E-state index contributed by atoms with van der Waals surface area (Å²) >= 11 is 0. The van der Waals surface area contributed by atoms with Crippen molar-refractivity contribution in [3.63, 3.8) is 0 Å². The highest BCUT2D eigenvalue weighted by molar-refractivity contribution is 5.89. The van der Waals surface area contributed by atoms with Crippen LogP contribution in [0.25, 0.3) is 11.0 Å². The summed E-state index contributed by atoms with van der Waals surface area (Å²) in [6, 6.07) is 14.1. The number of rotatable bonds is 3. The fourth-order valence-corrected chi connectivity index (χ4v) is 2.28. The molecule has 0 fully saturated rings. The predicted molar refractivity (Wildman–Crippen MR) is 87.5 cm³/mol. The molecule has 0 atom stereocenters. The third-order valence-electron chi connectivity index (χ3n) is 3.57. The Labute approximate surface area is 133 Å². The number of esters is 1. The van der Waals surface area contributed by atoms with E-state index in [-0.39, 0.29) is 17.8 Å². The van der Waals surface area contributed by atoms with Crippen molar-refractivity contribution < 1.29 is 13.9 Å². The Morgan fingerprint density at radius 1 is 1.00 bits per heavy atom. The molecule has 0 saturated heterocycles. The Bertz CT molecular complexity index is 920. The fourth-order valence-electron chi connectivity index (χ4n) is 2.28. The SMILES string of the molecule is Cc1ccc(COC(=O)c2cc(=O)c3cc(C)ccc3o2)cc1. The van der Waals surface area contributed by atoms with Crippen LogP contribution in [0.4, 0.5) is 0 Å². The molecule has 1 heterocycles. The molecule has 0 spiro atoms. The van der Waals surface area contributed by atoms with Crippen molar-refractivity contribution in [2.24, 2.45) is 0 Å². The zero-order valence-corrected chi connectivity index (χ0v) is 13.0. The van der Waals surface area contributed by atoms with Gasteiger partial charge in [-0.05, 0) is 31.5 Å². The van der Waals surface area contributed by atoms with E-state index in [1.165, 1.54) is 6.07 Å². The fraction of sp³-hybridized carbons (Fsp3) is 0.158. The molecule has 4 heteroatoms. The number of benzene rings is 2. The van der Waals surface area contributed by atoms with Gasteiger partial charge >= 0.3 is 5.97 Å². The first-order valence-corrected chi connectivity index (χ1v) is 7.30. The van der Waals surface area contributed by atoms with Crippen LogP contribution in [0.3, 0.4) is 0 Å². The first kappa shape index (κ1) is 15.0. The number of ether oxygens (including phenoxy) is 1. The molecule has 0 unspecified atom stereocenters. The van der Waals surface area contributed by atoms with Gasteiger partial charge in [0.1, 0.15) is 12.2 Å². The largest absolute Gasteiger partial charge is 0.455 e. The van der Waals surface area contributed by atoms with Crippen molar-refractivity contribution in [2.75, 3.05) is 0 Å². The smallest absolute Gasteiger partial charge is 0.374 e. The minimum absolute atomic E-state index is 0.0848. The van der Waals surface area contributed by atoms with Crippen LogP contribution < -0.4 is 5.43 Å². The molecule has 0 amide bonds. The summed E-state index contributed by atoms with van der Waals surface area (Å²) in [7, 11) is 0. The van der Waals surface area contributed by atoms with Crippen molar-refractivity contribution in [2.45, 2.75) is 20.5 Å². The molecule has 0 aliphatic carbocycles. The van der Waals surface area contributed by atoms with Gasteiger partial charge in [-0.15, -0.1) is 0 Å². The van der Waals surface area contributed by atoms with Crippen molar-refractivity contribution >= 4 is 16.9 Å². The van der Waals surface area contributed by atoms with E-state index in [4.69, 9.17) is 9.15 Å². The van der Waals surface area contributed by atoms with Crippen molar-refractivity contribution in [3.8, 4) is 0 Å². The second-order valence-electron chi connectivity index (χ2n) is 5.54. The third kappa shape index (κ3) is 3.31. The van der Waals surface area contributed by atoms with Gasteiger partial charge in [-0.2, -0.15) is 0 Å². The number of carbonyl (C=O) groups excluding carboxylic acids is 1. The number of hydrogen-bond acceptors (Lipinski definition) is 4. The second-order valence-corrected chi connectivity index (χ2v) is 5.54. The first-order valence-electron chi connectivity index (χ1n) is 7.30. The Hall–Kier alpha value is -2.88. The molecular weight excluding hydrogens is 292 g/mol. The summed E-state index contributed by atoms with van der Waals surface area (Å²) < 4.78 is 10.7. The van der Waals surface area contributed by atoms with E-state index < -0.39 is 5.97 Å². The average Bonchev–Trinajstić information content (AvgIpc) is 2.54. The molecule has 0 N–H and O–H groups in total. The van der Waals surface area contributed by atoms with E-state index in [0.717, 1.165) is 16.7 Å². The van der Waals surface area contributed by atoms with Gasteiger partial charge in [-0.3, -0.25) is 4.79 Å². The van der Waals surface area contributed by atoms with Gasteiger partial charge in [-0.25, -0.2) is 4.79 Å². The Kier molecular flexibility index (Phi) is 3.98. The summed E-state index contributed by atoms with van der Waals surface area (Å²) in [4.78, 5) is 24.2. The van der Waals surface area contributed by atoms with Gasteiger partial charge in [0, 0.05) is 6.07 Å². The van der Waals surface area contributed by atoms with Crippen LogP contribution >= 0.6 is 0 Å². The summed E-state index contributed by atoms with van der Waals surface area (Å²) in [6.45, 7) is 4.01. The lowest BCUT2D eigenvalue weighted by atomic mass is 10.1. The van der Waals surface area contributed by atoms with Crippen LogP contribution in [0.15, 0.2) is 57.7 Å². The molecule has 4 nitrogen and oxygen atoms in total. The Morgan fingerprint density at radius 2 is 1.70 bits per heavy atom. The molecule has 3 aromatic rings. The Morgan fingerprint density at radius 3 is 2.43 bits per heavy atom. The van der Waals surface area contributed by atoms with Crippen molar-refractivity contribution in [3.05, 3.63) is 81.2 Å². The molecule has 0 radical (unpaired) electrons. The zero-order chi connectivity index (χ0) is 16.4. The van der Waals surface area contributed by atoms with E-state index in [2.05, 4.69) is 0 Å². The molecule has 23 heavy (non-hydrogen) atoms. The van der Waals surface area contributed by atoms with Crippen LogP contribution in [-0.2, 0) is 11.3 Å². The maximum atomic E-state index is 12.1. The second kappa shape index (κ2) is 6.08. The number of fused-ring (bicyclic) bond motifs is 1. The maximum absolute atomic E-state index is 12.1. The van der Waals surface area contributed by atoms with E-state index >= 15 is 0 Å². The van der Waals surface area contributed by atoms with Gasteiger partial charge in [0.05, 0.1) is 5.39 Å². The molecule has 0 bridgehead atoms. The van der Waals surface area contributed by atoms with Crippen LogP contribution in [0.1, 0.15) is 27.2 Å². The van der Waals surface area contributed by atoms with Gasteiger partial charge in [-0.1, -0.05) is 41.5 Å². The summed E-state index contributed by atoms with van der Waals surface area (Å²) in [5.74, 6) is -0.733. The quantitative estimate of drug-likeness (QED) is 0.691. The highest BCUT2D eigenvalue weighted by atomic mass is 16.5. The molecular formula is C19H16O4. The van der Waals surface area contributed by atoms with E-state index in [1.54, 1.807) is 12.1 Å². The van der Waals surface area contributed by atoms with Crippen molar-refractivity contribution in [1.82, 2.24) is 0 Å². The molecule has 0 aliphatic heterocycles. The highest BCUT2D eigenvalue weighted by Crippen LogP contribution is 2.15. The summed E-state index contributed by atoms with van der Waals surface area (Å²) in [5, 5.41) is 0.458. The molecule has 0 aliphatic rings. The normalized spacial score (nSPS) is 10.7. The standard InChI is InChI=1S/C19H16O4/c1-12-3-6-14(7-4-12)11-22-19(21)18-10-16(20)15-9-13(2)5-8-17(15)23-18/h3-10H,11H2,1-2H3. The van der Waals surface area contributed by atoms with Gasteiger partial charge in [0.2, 0.25) is 5.76 Å². The summed E-state index contributed by atoms with van der Waals surface area (Å²) in [5.41, 5.74) is 3.10. The summed E-state index contributed by atoms with van der Waals surface area (Å²) in [6.07, 6.45) is 0. The molecule has 3 rings (SSSR count). The number of aryl methyl sites for hydroxylation is 2. The number of hydrogen-bond donors (Lipinski definition) is 0. The molecule has 2 aromatic carbocycles. The van der Waals surface area contributed by atoms with E-state index in [0.29, 0.717) is 11.0 Å². The van der Waals surface area contributed by atoms with Crippen LogP contribution in [0.2, 0.25) is 0 Å². The predicted octanol–water partition coefficient (Wildman–Crippen LogP) is 3.77.